The normalized spacial score (nSPS) is 12.7. The number of fused-ring (bicyclic) bond motifs is 1. The molecule has 1 aliphatic heterocycles. The van der Waals surface area contributed by atoms with Crippen molar-refractivity contribution in [1.29, 1.82) is 0 Å². The lowest BCUT2D eigenvalue weighted by Crippen LogP contribution is -2.32. The quantitative estimate of drug-likeness (QED) is 0.590. The Morgan fingerprint density at radius 1 is 1.07 bits per heavy atom. The molecule has 0 atom stereocenters. The molecule has 3 rings (SSSR count). The first-order valence-corrected chi connectivity index (χ1v) is 8.60. The number of ether oxygens (including phenoxy) is 1. The number of rotatable bonds is 6. The molecule has 0 aliphatic carbocycles. The molecule has 28 heavy (non-hydrogen) atoms. The van der Waals surface area contributed by atoms with Crippen molar-refractivity contribution in [2.45, 2.75) is 6.42 Å². The first-order chi connectivity index (χ1) is 13.4. The molecule has 2 aromatic carbocycles. The molecule has 3 amide bonds. The molecule has 0 saturated heterocycles. The summed E-state index contributed by atoms with van der Waals surface area (Å²) in [6, 6.07) is 10.1. The second kappa shape index (κ2) is 8.18. The maximum absolute atomic E-state index is 13.6. The zero-order valence-electron chi connectivity index (χ0n) is 14.4. The second-order valence-corrected chi connectivity index (χ2v) is 6.33. The Morgan fingerprint density at radius 3 is 2.32 bits per heavy atom. The van der Waals surface area contributed by atoms with Crippen LogP contribution in [-0.4, -0.2) is 41.7 Å². The van der Waals surface area contributed by atoms with Crippen LogP contribution in [-0.2, 0) is 14.3 Å². The highest BCUT2D eigenvalue weighted by Crippen LogP contribution is 2.22. The molecule has 7 nitrogen and oxygen atoms in total. The molecule has 9 heteroatoms. The van der Waals surface area contributed by atoms with Crippen LogP contribution in [0.5, 0.6) is 0 Å². The van der Waals surface area contributed by atoms with E-state index in [-0.39, 0.29) is 34.8 Å². The summed E-state index contributed by atoms with van der Waals surface area (Å²) in [6.07, 6.45) is -0.270. The number of amides is 3. The summed E-state index contributed by atoms with van der Waals surface area (Å²) < 4.78 is 18.4. The highest BCUT2D eigenvalue weighted by atomic mass is 35.5. The zero-order valence-corrected chi connectivity index (χ0v) is 15.2. The Labute approximate surface area is 164 Å². The van der Waals surface area contributed by atoms with Gasteiger partial charge in [-0.25, -0.2) is 4.39 Å². The van der Waals surface area contributed by atoms with Crippen LogP contribution in [0.2, 0.25) is 5.02 Å². The van der Waals surface area contributed by atoms with E-state index in [1.165, 1.54) is 24.3 Å². The SMILES string of the molecule is O=C(COC(=O)CCN1C(=O)c2ccccc2C1=O)Nc1ccc(Cl)cc1F. The van der Waals surface area contributed by atoms with Crippen molar-refractivity contribution in [2.24, 2.45) is 0 Å². The smallest absolute Gasteiger partial charge is 0.308 e. The van der Waals surface area contributed by atoms with Crippen molar-refractivity contribution in [3.05, 3.63) is 64.4 Å². The van der Waals surface area contributed by atoms with Crippen molar-refractivity contribution in [1.82, 2.24) is 4.90 Å². The van der Waals surface area contributed by atoms with Crippen molar-refractivity contribution in [2.75, 3.05) is 18.5 Å². The van der Waals surface area contributed by atoms with Gasteiger partial charge in [-0.1, -0.05) is 23.7 Å². The molecule has 0 aromatic heterocycles. The fraction of sp³-hybridized carbons (Fsp3) is 0.158. The maximum Gasteiger partial charge on any atom is 0.308 e. The van der Waals surface area contributed by atoms with E-state index in [0.29, 0.717) is 0 Å². The summed E-state index contributed by atoms with van der Waals surface area (Å²) in [5, 5.41) is 2.42. The average molecular weight is 405 g/mol. The first kappa shape index (κ1) is 19.5. The number of nitrogens with zero attached hydrogens (tertiary/aromatic N) is 1. The molecule has 0 saturated carbocycles. The van der Waals surface area contributed by atoms with Crippen LogP contribution in [0, 0.1) is 5.82 Å². The van der Waals surface area contributed by atoms with E-state index < -0.39 is 36.1 Å². The van der Waals surface area contributed by atoms with Gasteiger partial charge in [-0.15, -0.1) is 0 Å². The van der Waals surface area contributed by atoms with E-state index in [0.717, 1.165) is 11.0 Å². The highest BCUT2D eigenvalue weighted by molar-refractivity contribution is 6.30. The predicted molar refractivity (Wildman–Crippen MR) is 97.4 cm³/mol. The van der Waals surface area contributed by atoms with Crippen molar-refractivity contribution >= 4 is 41.0 Å². The van der Waals surface area contributed by atoms with Crippen LogP contribution >= 0.6 is 11.6 Å². The van der Waals surface area contributed by atoms with Crippen LogP contribution in [0.25, 0.3) is 0 Å². The van der Waals surface area contributed by atoms with Gasteiger partial charge in [0.1, 0.15) is 5.82 Å². The summed E-state index contributed by atoms with van der Waals surface area (Å²) in [7, 11) is 0. The number of hydrogen-bond donors (Lipinski definition) is 1. The Bertz CT molecular complexity index is 944. The third-order valence-electron chi connectivity index (χ3n) is 3.99. The summed E-state index contributed by atoms with van der Waals surface area (Å²) in [6.45, 7) is -0.804. The minimum absolute atomic E-state index is 0.100. The van der Waals surface area contributed by atoms with Gasteiger partial charge in [0.05, 0.1) is 23.2 Å². The molecule has 144 valence electrons. The van der Waals surface area contributed by atoms with Gasteiger partial charge in [-0.2, -0.15) is 0 Å². The Balaban J connectivity index is 1.47. The summed E-state index contributed by atoms with van der Waals surface area (Å²) in [5.41, 5.74) is 0.465. The lowest BCUT2D eigenvalue weighted by molar-refractivity contribution is -0.147. The number of carbonyl (C=O) groups is 4. The van der Waals surface area contributed by atoms with Crippen LogP contribution in [0.4, 0.5) is 10.1 Å². The molecule has 1 aliphatic rings. The lowest BCUT2D eigenvalue weighted by Gasteiger charge is -2.13. The Hall–Kier alpha value is -3.26. The molecule has 0 spiro atoms. The van der Waals surface area contributed by atoms with Gasteiger partial charge < -0.3 is 10.1 Å². The van der Waals surface area contributed by atoms with Crippen LogP contribution < -0.4 is 5.32 Å². The lowest BCUT2D eigenvalue weighted by atomic mass is 10.1. The number of hydrogen-bond acceptors (Lipinski definition) is 5. The number of halogens is 2. The van der Waals surface area contributed by atoms with E-state index in [9.17, 15) is 23.6 Å². The summed E-state index contributed by atoms with van der Waals surface area (Å²) in [5.74, 6) is -3.20. The largest absolute Gasteiger partial charge is 0.456 e. The van der Waals surface area contributed by atoms with Gasteiger partial charge >= 0.3 is 5.97 Å². The summed E-state index contributed by atoms with van der Waals surface area (Å²) >= 11 is 5.62. The van der Waals surface area contributed by atoms with E-state index in [1.807, 2.05) is 0 Å². The average Bonchev–Trinajstić information content (AvgIpc) is 2.91. The van der Waals surface area contributed by atoms with Gasteiger partial charge in [0, 0.05) is 11.6 Å². The Morgan fingerprint density at radius 2 is 1.71 bits per heavy atom. The molecule has 1 heterocycles. The first-order valence-electron chi connectivity index (χ1n) is 8.22. The van der Waals surface area contributed by atoms with Gasteiger partial charge in [0.15, 0.2) is 6.61 Å². The molecule has 0 radical (unpaired) electrons. The number of benzene rings is 2. The maximum atomic E-state index is 13.6. The topological polar surface area (TPSA) is 92.8 Å². The second-order valence-electron chi connectivity index (χ2n) is 5.89. The van der Waals surface area contributed by atoms with Crippen molar-refractivity contribution < 1.29 is 28.3 Å². The van der Waals surface area contributed by atoms with Gasteiger partial charge in [0.25, 0.3) is 17.7 Å². The molecular weight excluding hydrogens is 391 g/mol. The van der Waals surface area contributed by atoms with Crippen LogP contribution in [0.15, 0.2) is 42.5 Å². The minimum atomic E-state index is -0.775. The number of anilines is 1. The fourth-order valence-electron chi connectivity index (χ4n) is 2.64. The van der Waals surface area contributed by atoms with Crippen LogP contribution in [0.3, 0.4) is 0 Å². The number of esters is 1. The number of carbonyl (C=O) groups excluding carboxylic acids is 4. The van der Waals surface area contributed by atoms with E-state index >= 15 is 0 Å². The van der Waals surface area contributed by atoms with E-state index in [1.54, 1.807) is 12.1 Å². The Kier molecular flexibility index (Phi) is 5.70. The molecule has 1 N–H and O–H groups in total. The summed E-state index contributed by atoms with van der Waals surface area (Å²) in [4.78, 5) is 48.9. The van der Waals surface area contributed by atoms with Crippen LogP contribution in [0.1, 0.15) is 27.1 Å². The predicted octanol–water partition coefficient (Wildman–Crippen LogP) is 2.65. The van der Waals surface area contributed by atoms with E-state index in [2.05, 4.69) is 5.32 Å². The highest BCUT2D eigenvalue weighted by Gasteiger charge is 2.35. The van der Waals surface area contributed by atoms with Gasteiger partial charge in [-0.3, -0.25) is 24.1 Å². The number of nitrogens with one attached hydrogen (secondary N) is 1. The molecular formula is C19H14ClFN2O5. The van der Waals surface area contributed by atoms with Gasteiger partial charge in [-0.05, 0) is 30.3 Å². The van der Waals surface area contributed by atoms with Crippen molar-refractivity contribution in [3.8, 4) is 0 Å². The standard InChI is InChI=1S/C19H14ClFN2O5/c20-11-5-6-15(14(21)9-11)22-16(24)10-28-17(25)7-8-23-18(26)12-3-1-2-4-13(12)19(23)27/h1-6,9H,7-8,10H2,(H,22,24). The molecule has 0 fully saturated rings. The van der Waals surface area contributed by atoms with Crippen molar-refractivity contribution in [3.63, 3.8) is 0 Å². The van der Waals surface area contributed by atoms with Gasteiger partial charge in [0.2, 0.25) is 0 Å². The third kappa shape index (κ3) is 4.17. The number of imide groups is 1. The fourth-order valence-corrected chi connectivity index (χ4v) is 2.80. The minimum Gasteiger partial charge on any atom is -0.456 e. The zero-order chi connectivity index (χ0) is 20.3. The molecule has 0 unspecified atom stereocenters. The third-order valence-corrected chi connectivity index (χ3v) is 4.22. The molecule has 0 bridgehead atoms. The molecule has 2 aromatic rings. The monoisotopic (exact) mass is 404 g/mol. The van der Waals surface area contributed by atoms with E-state index in [4.69, 9.17) is 16.3 Å².